The maximum atomic E-state index is 13.4. The van der Waals surface area contributed by atoms with Gasteiger partial charge in [0.15, 0.2) is 0 Å². The number of halogens is 1. The Morgan fingerprint density at radius 1 is 1.00 bits per heavy atom. The minimum Gasteiger partial charge on any atom is -0.494 e. The lowest BCUT2D eigenvalue weighted by molar-refractivity contribution is 0.0975. The first-order valence-electron chi connectivity index (χ1n) is 9.35. The fraction of sp³-hybridized carbons (Fsp3) is 0.174. The Morgan fingerprint density at radius 3 is 2.43 bits per heavy atom. The van der Waals surface area contributed by atoms with Gasteiger partial charge >= 0.3 is 0 Å². The van der Waals surface area contributed by atoms with Crippen molar-refractivity contribution in [3.05, 3.63) is 88.9 Å². The summed E-state index contributed by atoms with van der Waals surface area (Å²) < 4.78 is 5.67. The number of ether oxygens (including phenoxy) is 1. The van der Waals surface area contributed by atoms with Crippen LogP contribution in [0.15, 0.2) is 72.8 Å². The second-order valence-corrected chi connectivity index (χ2v) is 7.10. The van der Waals surface area contributed by atoms with Crippen LogP contribution in [0.4, 0.5) is 11.4 Å². The highest BCUT2D eigenvalue weighted by Gasteiger charge is 2.33. The van der Waals surface area contributed by atoms with Gasteiger partial charge in [0.25, 0.3) is 5.91 Å². The molecule has 1 N–H and O–H groups in total. The zero-order chi connectivity index (χ0) is 19.5. The number of amides is 1. The Balaban J connectivity index is 1.74. The maximum Gasteiger partial charge on any atom is 0.262 e. The number of anilines is 2. The van der Waals surface area contributed by atoms with Crippen molar-refractivity contribution in [2.45, 2.75) is 19.5 Å². The minimum absolute atomic E-state index is 0.0449. The predicted octanol–water partition coefficient (Wildman–Crippen LogP) is 5.90. The van der Waals surface area contributed by atoms with E-state index in [4.69, 9.17) is 16.3 Å². The Kier molecular flexibility index (Phi) is 5.22. The van der Waals surface area contributed by atoms with E-state index in [2.05, 4.69) is 12.2 Å². The monoisotopic (exact) mass is 392 g/mol. The Hall–Kier alpha value is -2.98. The first-order chi connectivity index (χ1) is 13.7. The fourth-order valence-electron chi connectivity index (χ4n) is 3.32. The third-order valence-electron chi connectivity index (χ3n) is 4.70. The molecule has 4 rings (SSSR count). The summed E-state index contributed by atoms with van der Waals surface area (Å²) in [6, 6.07) is 22.8. The van der Waals surface area contributed by atoms with Crippen molar-refractivity contribution in [1.29, 1.82) is 0 Å². The summed E-state index contributed by atoms with van der Waals surface area (Å²) in [5.74, 6) is 0.753. The molecule has 5 heteroatoms. The molecule has 0 fully saturated rings. The standard InChI is InChI=1S/C23H21ClN2O2/c1-2-15-28-19-13-11-18(12-14-19)26-22(16-7-9-17(24)10-8-16)25-21-6-4-3-5-20(21)23(26)27/h3-14,22,25H,2,15H2,1H3. The van der Waals surface area contributed by atoms with Crippen LogP contribution in [0, 0.1) is 0 Å². The highest BCUT2D eigenvalue weighted by atomic mass is 35.5. The Labute approximate surface area is 169 Å². The van der Waals surface area contributed by atoms with Gasteiger partial charge in [-0.15, -0.1) is 0 Å². The molecule has 0 aliphatic carbocycles. The van der Waals surface area contributed by atoms with E-state index in [9.17, 15) is 4.79 Å². The molecule has 0 aromatic heterocycles. The van der Waals surface area contributed by atoms with Crippen LogP contribution < -0.4 is 15.0 Å². The van der Waals surface area contributed by atoms with Crippen molar-refractivity contribution in [3.63, 3.8) is 0 Å². The van der Waals surface area contributed by atoms with E-state index in [1.54, 1.807) is 4.90 Å². The Morgan fingerprint density at radius 2 is 1.71 bits per heavy atom. The van der Waals surface area contributed by atoms with Crippen LogP contribution >= 0.6 is 11.6 Å². The molecule has 1 aliphatic rings. The van der Waals surface area contributed by atoms with Gasteiger partial charge in [-0.1, -0.05) is 42.8 Å². The van der Waals surface area contributed by atoms with Gasteiger partial charge in [-0.3, -0.25) is 9.69 Å². The zero-order valence-electron chi connectivity index (χ0n) is 15.6. The summed E-state index contributed by atoms with van der Waals surface area (Å²) in [5.41, 5.74) is 3.24. The molecule has 3 aromatic carbocycles. The number of fused-ring (bicyclic) bond motifs is 1. The molecule has 0 saturated heterocycles. The smallest absolute Gasteiger partial charge is 0.262 e. The van der Waals surface area contributed by atoms with Crippen molar-refractivity contribution in [1.82, 2.24) is 0 Å². The van der Waals surface area contributed by atoms with Crippen molar-refractivity contribution < 1.29 is 9.53 Å². The number of carbonyl (C=O) groups is 1. The quantitative estimate of drug-likeness (QED) is 0.587. The number of para-hydroxylation sites is 1. The van der Waals surface area contributed by atoms with Gasteiger partial charge in [0.1, 0.15) is 11.9 Å². The summed E-state index contributed by atoms with van der Waals surface area (Å²) >= 11 is 6.06. The molecule has 3 aromatic rings. The summed E-state index contributed by atoms with van der Waals surface area (Å²) in [6.07, 6.45) is 0.619. The second kappa shape index (κ2) is 7.95. The highest BCUT2D eigenvalue weighted by Crippen LogP contribution is 2.37. The van der Waals surface area contributed by atoms with E-state index in [0.717, 1.165) is 29.1 Å². The fourth-order valence-corrected chi connectivity index (χ4v) is 3.45. The summed E-state index contributed by atoms with van der Waals surface area (Å²) in [5, 5.41) is 4.15. The largest absolute Gasteiger partial charge is 0.494 e. The van der Waals surface area contributed by atoms with E-state index in [1.165, 1.54) is 0 Å². The van der Waals surface area contributed by atoms with Crippen molar-refractivity contribution in [3.8, 4) is 5.75 Å². The SMILES string of the molecule is CCCOc1ccc(N2C(=O)c3ccccc3NC2c2ccc(Cl)cc2)cc1. The summed E-state index contributed by atoms with van der Waals surface area (Å²) in [4.78, 5) is 15.1. The van der Waals surface area contributed by atoms with Gasteiger partial charge < -0.3 is 10.1 Å². The van der Waals surface area contributed by atoms with E-state index in [1.807, 2.05) is 72.8 Å². The first kappa shape index (κ1) is 18.4. The van der Waals surface area contributed by atoms with Crippen LogP contribution in [0.3, 0.4) is 0 Å². The van der Waals surface area contributed by atoms with Gasteiger partial charge in [-0.05, 0) is 60.5 Å². The van der Waals surface area contributed by atoms with Crippen LogP contribution in [-0.2, 0) is 0 Å². The molecule has 142 valence electrons. The molecule has 4 nitrogen and oxygen atoms in total. The minimum atomic E-state index is -0.331. The molecule has 1 heterocycles. The van der Waals surface area contributed by atoms with Gasteiger partial charge in [0.05, 0.1) is 12.2 Å². The molecule has 28 heavy (non-hydrogen) atoms. The van der Waals surface area contributed by atoms with Gasteiger partial charge in [0, 0.05) is 16.4 Å². The van der Waals surface area contributed by atoms with E-state index < -0.39 is 0 Å². The number of benzene rings is 3. The predicted molar refractivity (Wildman–Crippen MR) is 113 cm³/mol. The van der Waals surface area contributed by atoms with E-state index >= 15 is 0 Å². The zero-order valence-corrected chi connectivity index (χ0v) is 16.3. The Bertz CT molecular complexity index is 971. The molecule has 0 saturated carbocycles. The van der Waals surface area contributed by atoms with Crippen molar-refractivity contribution in [2.24, 2.45) is 0 Å². The number of hydrogen-bond acceptors (Lipinski definition) is 3. The molecule has 0 radical (unpaired) electrons. The molecule has 0 spiro atoms. The molecular formula is C23H21ClN2O2. The van der Waals surface area contributed by atoms with Crippen LogP contribution in [0.25, 0.3) is 0 Å². The highest BCUT2D eigenvalue weighted by molar-refractivity contribution is 6.30. The van der Waals surface area contributed by atoms with E-state index in [-0.39, 0.29) is 12.1 Å². The van der Waals surface area contributed by atoms with Crippen molar-refractivity contribution >= 4 is 28.9 Å². The first-order valence-corrected chi connectivity index (χ1v) is 9.72. The average molecular weight is 393 g/mol. The molecule has 1 amide bonds. The third-order valence-corrected chi connectivity index (χ3v) is 4.95. The number of hydrogen-bond donors (Lipinski definition) is 1. The normalized spacial score (nSPS) is 15.7. The molecule has 1 atom stereocenters. The maximum absolute atomic E-state index is 13.4. The number of nitrogens with zero attached hydrogens (tertiary/aromatic N) is 1. The van der Waals surface area contributed by atoms with Gasteiger partial charge in [-0.2, -0.15) is 0 Å². The van der Waals surface area contributed by atoms with E-state index in [0.29, 0.717) is 17.2 Å². The average Bonchev–Trinajstić information content (AvgIpc) is 2.73. The third kappa shape index (κ3) is 3.56. The number of nitrogens with one attached hydrogen (secondary N) is 1. The van der Waals surface area contributed by atoms with Crippen LogP contribution in [0.5, 0.6) is 5.75 Å². The molecular weight excluding hydrogens is 372 g/mol. The lowest BCUT2D eigenvalue weighted by Gasteiger charge is -2.38. The molecule has 0 bridgehead atoms. The lowest BCUT2D eigenvalue weighted by Crippen LogP contribution is -2.43. The van der Waals surface area contributed by atoms with Crippen LogP contribution in [-0.4, -0.2) is 12.5 Å². The van der Waals surface area contributed by atoms with Crippen molar-refractivity contribution in [2.75, 3.05) is 16.8 Å². The molecule has 1 aliphatic heterocycles. The van der Waals surface area contributed by atoms with Crippen LogP contribution in [0.2, 0.25) is 5.02 Å². The van der Waals surface area contributed by atoms with Gasteiger partial charge in [-0.25, -0.2) is 0 Å². The summed E-state index contributed by atoms with van der Waals surface area (Å²) in [7, 11) is 0. The molecule has 1 unspecified atom stereocenters. The van der Waals surface area contributed by atoms with Crippen LogP contribution in [0.1, 0.15) is 35.4 Å². The number of carbonyl (C=O) groups excluding carboxylic acids is 1. The lowest BCUT2D eigenvalue weighted by atomic mass is 10.0. The number of rotatable bonds is 5. The summed E-state index contributed by atoms with van der Waals surface area (Å²) in [6.45, 7) is 2.74. The van der Waals surface area contributed by atoms with Gasteiger partial charge in [0.2, 0.25) is 0 Å². The topological polar surface area (TPSA) is 41.6 Å². The second-order valence-electron chi connectivity index (χ2n) is 6.66.